The molecule has 0 heterocycles. The molecule has 3 aromatic rings. The van der Waals surface area contributed by atoms with Gasteiger partial charge in [0.2, 0.25) is 0 Å². The zero-order valence-electron chi connectivity index (χ0n) is 16.0. The highest BCUT2D eigenvalue weighted by Crippen LogP contribution is 2.44. The molecule has 1 amide bonds. The van der Waals surface area contributed by atoms with Crippen LogP contribution in [0.5, 0.6) is 0 Å². The first kappa shape index (κ1) is 18.7. The number of ether oxygens (including phenoxy) is 1. The molecule has 0 spiro atoms. The van der Waals surface area contributed by atoms with E-state index in [0.717, 1.165) is 5.56 Å². The molecule has 4 rings (SSSR count). The SMILES string of the molecule is C[C@H](NC(=O)OCC1c2ccccc2-c2ccccc21)c1ccc(C(=O)O)cc1. The second kappa shape index (κ2) is 7.80. The number of carbonyl (C=O) groups excluding carboxylic acids is 1. The number of amides is 1. The predicted octanol–water partition coefficient (Wildman–Crippen LogP) is 4.98. The van der Waals surface area contributed by atoms with Gasteiger partial charge in [0.1, 0.15) is 6.61 Å². The summed E-state index contributed by atoms with van der Waals surface area (Å²) in [4.78, 5) is 23.3. The number of hydrogen-bond acceptors (Lipinski definition) is 3. The third-order valence-electron chi connectivity index (χ3n) is 5.34. The first-order valence-electron chi connectivity index (χ1n) is 9.49. The van der Waals surface area contributed by atoms with Gasteiger partial charge in [0.15, 0.2) is 0 Å². The van der Waals surface area contributed by atoms with E-state index in [4.69, 9.17) is 9.84 Å². The molecule has 5 heteroatoms. The molecule has 29 heavy (non-hydrogen) atoms. The van der Waals surface area contributed by atoms with Gasteiger partial charge < -0.3 is 15.2 Å². The third kappa shape index (κ3) is 3.72. The number of nitrogens with one attached hydrogen (secondary N) is 1. The van der Waals surface area contributed by atoms with Crippen LogP contribution in [0.25, 0.3) is 11.1 Å². The van der Waals surface area contributed by atoms with Crippen molar-refractivity contribution in [2.75, 3.05) is 6.61 Å². The highest BCUT2D eigenvalue weighted by atomic mass is 16.5. The fourth-order valence-corrected chi connectivity index (χ4v) is 3.81. The lowest BCUT2D eigenvalue weighted by Crippen LogP contribution is -2.28. The second-order valence-corrected chi connectivity index (χ2v) is 7.12. The van der Waals surface area contributed by atoms with Gasteiger partial charge in [-0.2, -0.15) is 0 Å². The zero-order chi connectivity index (χ0) is 20.4. The van der Waals surface area contributed by atoms with Gasteiger partial charge in [0, 0.05) is 5.92 Å². The lowest BCUT2D eigenvalue weighted by Gasteiger charge is -2.17. The second-order valence-electron chi connectivity index (χ2n) is 7.12. The first-order valence-corrected chi connectivity index (χ1v) is 9.49. The molecule has 0 aromatic heterocycles. The Morgan fingerprint density at radius 3 is 2.03 bits per heavy atom. The number of carboxylic acid groups (broad SMARTS) is 1. The number of benzene rings is 3. The van der Waals surface area contributed by atoms with Gasteiger partial charge in [0.05, 0.1) is 11.6 Å². The van der Waals surface area contributed by atoms with E-state index in [1.807, 2.05) is 31.2 Å². The van der Waals surface area contributed by atoms with Gasteiger partial charge in [-0.05, 0) is 46.9 Å². The van der Waals surface area contributed by atoms with Gasteiger partial charge in [0.25, 0.3) is 0 Å². The zero-order valence-corrected chi connectivity index (χ0v) is 16.0. The molecule has 3 aromatic carbocycles. The number of carboxylic acids is 1. The van der Waals surface area contributed by atoms with E-state index in [1.165, 1.54) is 34.4 Å². The van der Waals surface area contributed by atoms with Crippen LogP contribution in [0, 0.1) is 0 Å². The molecular formula is C24H21NO4. The third-order valence-corrected chi connectivity index (χ3v) is 5.34. The highest BCUT2D eigenvalue weighted by molar-refractivity contribution is 5.87. The number of fused-ring (bicyclic) bond motifs is 3. The normalized spacial score (nSPS) is 13.3. The molecule has 1 aliphatic rings. The van der Waals surface area contributed by atoms with Crippen molar-refractivity contribution in [1.29, 1.82) is 0 Å². The van der Waals surface area contributed by atoms with Crippen molar-refractivity contribution < 1.29 is 19.4 Å². The largest absolute Gasteiger partial charge is 0.478 e. The Kier molecular flexibility index (Phi) is 5.04. The summed E-state index contributed by atoms with van der Waals surface area (Å²) in [5.41, 5.74) is 5.72. The van der Waals surface area contributed by atoms with Crippen LogP contribution in [0.15, 0.2) is 72.8 Å². The predicted molar refractivity (Wildman–Crippen MR) is 110 cm³/mol. The minimum atomic E-state index is -0.978. The average Bonchev–Trinajstić information content (AvgIpc) is 3.06. The minimum absolute atomic E-state index is 0.0123. The smallest absolute Gasteiger partial charge is 0.407 e. The van der Waals surface area contributed by atoms with Crippen molar-refractivity contribution in [3.05, 3.63) is 95.1 Å². The van der Waals surface area contributed by atoms with Crippen LogP contribution in [0.2, 0.25) is 0 Å². The lowest BCUT2D eigenvalue weighted by atomic mass is 9.98. The van der Waals surface area contributed by atoms with E-state index >= 15 is 0 Å². The summed E-state index contributed by atoms with van der Waals surface area (Å²) in [5, 5.41) is 11.8. The van der Waals surface area contributed by atoms with E-state index in [0.29, 0.717) is 0 Å². The topological polar surface area (TPSA) is 75.6 Å². The van der Waals surface area contributed by atoms with Crippen LogP contribution >= 0.6 is 0 Å². The Bertz CT molecular complexity index is 1010. The summed E-state index contributed by atoms with van der Waals surface area (Å²) < 4.78 is 5.55. The molecule has 0 bridgehead atoms. The first-order chi connectivity index (χ1) is 14.0. The molecule has 0 saturated carbocycles. The summed E-state index contributed by atoms with van der Waals surface area (Å²) in [6, 6.07) is 22.5. The van der Waals surface area contributed by atoms with Crippen molar-refractivity contribution in [1.82, 2.24) is 5.32 Å². The van der Waals surface area contributed by atoms with E-state index in [9.17, 15) is 9.59 Å². The van der Waals surface area contributed by atoms with Crippen LogP contribution in [0.4, 0.5) is 4.79 Å². The van der Waals surface area contributed by atoms with Crippen molar-refractivity contribution in [3.63, 3.8) is 0 Å². The summed E-state index contributed by atoms with van der Waals surface area (Å²) in [6.45, 7) is 2.09. The molecule has 0 saturated heterocycles. The molecule has 0 fully saturated rings. The number of alkyl carbamates (subject to hydrolysis) is 1. The van der Waals surface area contributed by atoms with Crippen LogP contribution in [0.1, 0.15) is 45.9 Å². The molecule has 0 aliphatic heterocycles. The maximum atomic E-state index is 12.4. The van der Waals surface area contributed by atoms with Gasteiger partial charge in [-0.1, -0.05) is 60.7 Å². The number of carbonyl (C=O) groups is 2. The van der Waals surface area contributed by atoms with E-state index in [1.54, 1.807) is 12.1 Å². The van der Waals surface area contributed by atoms with Crippen LogP contribution in [-0.2, 0) is 4.74 Å². The number of rotatable bonds is 5. The van der Waals surface area contributed by atoms with Crippen LogP contribution in [-0.4, -0.2) is 23.8 Å². The molecule has 5 nitrogen and oxygen atoms in total. The Balaban J connectivity index is 1.41. The molecule has 146 valence electrons. The fraction of sp³-hybridized carbons (Fsp3) is 0.167. The average molecular weight is 387 g/mol. The molecule has 1 aliphatic carbocycles. The van der Waals surface area contributed by atoms with E-state index in [-0.39, 0.29) is 24.1 Å². The molecular weight excluding hydrogens is 366 g/mol. The molecule has 2 N–H and O–H groups in total. The Morgan fingerprint density at radius 2 is 1.48 bits per heavy atom. The van der Waals surface area contributed by atoms with Gasteiger partial charge >= 0.3 is 12.1 Å². The Labute approximate surface area is 169 Å². The van der Waals surface area contributed by atoms with Gasteiger partial charge in [-0.15, -0.1) is 0 Å². The quantitative estimate of drug-likeness (QED) is 0.647. The van der Waals surface area contributed by atoms with Crippen molar-refractivity contribution >= 4 is 12.1 Å². The fourth-order valence-electron chi connectivity index (χ4n) is 3.81. The lowest BCUT2D eigenvalue weighted by molar-refractivity contribution is 0.0696. The standard InChI is InChI=1S/C24H21NO4/c1-15(16-10-12-17(13-11-16)23(26)27)25-24(28)29-14-22-20-8-4-2-6-18(20)19-7-3-5-9-21(19)22/h2-13,15,22H,14H2,1H3,(H,25,28)(H,26,27)/t15-/m0/s1. The van der Waals surface area contributed by atoms with Crippen LogP contribution in [0.3, 0.4) is 0 Å². The van der Waals surface area contributed by atoms with Gasteiger partial charge in [-0.3, -0.25) is 0 Å². The Hall–Kier alpha value is -3.60. The maximum Gasteiger partial charge on any atom is 0.407 e. The van der Waals surface area contributed by atoms with Crippen LogP contribution < -0.4 is 5.32 Å². The monoisotopic (exact) mass is 387 g/mol. The van der Waals surface area contributed by atoms with Crippen molar-refractivity contribution in [3.8, 4) is 11.1 Å². The van der Waals surface area contributed by atoms with Gasteiger partial charge in [-0.25, -0.2) is 9.59 Å². The highest BCUT2D eigenvalue weighted by Gasteiger charge is 2.29. The Morgan fingerprint density at radius 1 is 0.931 bits per heavy atom. The minimum Gasteiger partial charge on any atom is -0.478 e. The number of aromatic carboxylic acids is 1. The molecule has 0 radical (unpaired) electrons. The number of hydrogen-bond donors (Lipinski definition) is 2. The maximum absolute atomic E-state index is 12.4. The molecule has 0 unspecified atom stereocenters. The van der Waals surface area contributed by atoms with E-state index in [2.05, 4.69) is 29.6 Å². The summed E-state index contributed by atoms with van der Waals surface area (Å²) in [7, 11) is 0. The summed E-state index contributed by atoms with van der Waals surface area (Å²) >= 11 is 0. The summed E-state index contributed by atoms with van der Waals surface area (Å²) in [5.74, 6) is -0.966. The molecule has 1 atom stereocenters. The van der Waals surface area contributed by atoms with Crippen molar-refractivity contribution in [2.24, 2.45) is 0 Å². The van der Waals surface area contributed by atoms with Crippen molar-refractivity contribution in [2.45, 2.75) is 18.9 Å². The van der Waals surface area contributed by atoms with E-state index < -0.39 is 12.1 Å². The summed E-state index contributed by atoms with van der Waals surface area (Å²) in [6.07, 6.45) is -0.498.